The average molecular weight is 251 g/mol. The van der Waals surface area contributed by atoms with Crippen molar-refractivity contribution in [2.24, 2.45) is 5.92 Å². The van der Waals surface area contributed by atoms with Crippen LogP contribution in [0.5, 0.6) is 0 Å². The predicted octanol–water partition coefficient (Wildman–Crippen LogP) is 3.31. The molecule has 0 bridgehead atoms. The molecule has 3 heteroatoms. The second-order valence-electron chi connectivity index (χ2n) is 5.04. The van der Waals surface area contributed by atoms with Gasteiger partial charge < -0.3 is 14.5 Å². The summed E-state index contributed by atoms with van der Waals surface area (Å²) in [5.74, 6) is 2.83. The van der Waals surface area contributed by atoms with E-state index in [1.54, 1.807) is 0 Å². The highest BCUT2D eigenvalue weighted by Gasteiger charge is 2.27. The molecule has 102 valence electrons. The normalized spacial score (nSPS) is 19.0. The zero-order valence-corrected chi connectivity index (χ0v) is 11.6. The molecule has 1 unspecified atom stereocenters. The summed E-state index contributed by atoms with van der Waals surface area (Å²) < 4.78 is 11.4. The molecule has 0 amide bonds. The number of nitrogens with one attached hydrogen (secondary N) is 1. The van der Waals surface area contributed by atoms with Gasteiger partial charge in [0.2, 0.25) is 0 Å². The van der Waals surface area contributed by atoms with Crippen LogP contribution in [-0.4, -0.2) is 19.8 Å². The summed E-state index contributed by atoms with van der Waals surface area (Å²) in [5, 5.41) is 3.64. The fourth-order valence-electron chi connectivity index (χ4n) is 2.60. The number of rotatable bonds is 6. The molecule has 1 N–H and O–H groups in total. The third kappa shape index (κ3) is 3.36. The summed E-state index contributed by atoms with van der Waals surface area (Å²) in [6.45, 7) is 7.15. The minimum atomic E-state index is 0.356. The quantitative estimate of drug-likeness (QED) is 0.842. The highest BCUT2D eigenvalue weighted by atomic mass is 16.5. The first-order chi connectivity index (χ1) is 8.85. The number of aryl methyl sites for hydroxylation is 1. The molecule has 0 aromatic carbocycles. The van der Waals surface area contributed by atoms with Crippen LogP contribution in [0.4, 0.5) is 0 Å². The van der Waals surface area contributed by atoms with Crippen LogP contribution >= 0.6 is 0 Å². The van der Waals surface area contributed by atoms with E-state index in [2.05, 4.69) is 31.3 Å². The maximum Gasteiger partial charge on any atom is 0.121 e. The van der Waals surface area contributed by atoms with Gasteiger partial charge in [0.25, 0.3) is 0 Å². The lowest BCUT2D eigenvalue weighted by atomic mass is 9.90. The summed E-state index contributed by atoms with van der Waals surface area (Å²) in [7, 11) is 0. The SMILES string of the molecule is CCCNC(c1ccc(CC)o1)C1CCOCC1. The van der Waals surface area contributed by atoms with E-state index in [1.165, 1.54) is 0 Å². The summed E-state index contributed by atoms with van der Waals surface area (Å²) in [6, 6.07) is 4.60. The Morgan fingerprint density at radius 3 is 2.67 bits per heavy atom. The zero-order valence-electron chi connectivity index (χ0n) is 11.6. The highest BCUT2D eigenvalue weighted by Crippen LogP contribution is 2.31. The summed E-state index contributed by atoms with van der Waals surface area (Å²) >= 11 is 0. The molecule has 1 atom stereocenters. The minimum absolute atomic E-state index is 0.356. The molecule has 1 aromatic rings. The monoisotopic (exact) mass is 251 g/mol. The van der Waals surface area contributed by atoms with Crippen LogP contribution in [-0.2, 0) is 11.2 Å². The molecule has 0 saturated carbocycles. The second-order valence-corrected chi connectivity index (χ2v) is 5.04. The molecule has 1 aliphatic rings. The molecule has 2 heterocycles. The first-order valence-electron chi connectivity index (χ1n) is 7.24. The van der Waals surface area contributed by atoms with E-state index in [0.717, 1.165) is 57.0 Å². The zero-order chi connectivity index (χ0) is 12.8. The molecule has 2 rings (SSSR count). The number of ether oxygens (including phenoxy) is 1. The van der Waals surface area contributed by atoms with E-state index in [1.807, 2.05) is 0 Å². The minimum Gasteiger partial charge on any atom is -0.464 e. The van der Waals surface area contributed by atoms with Gasteiger partial charge in [0.05, 0.1) is 6.04 Å². The lowest BCUT2D eigenvalue weighted by Crippen LogP contribution is -2.32. The van der Waals surface area contributed by atoms with E-state index in [-0.39, 0.29) is 0 Å². The van der Waals surface area contributed by atoms with Crippen LogP contribution in [0.25, 0.3) is 0 Å². The molecule has 0 spiro atoms. The summed E-state index contributed by atoms with van der Waals surface area (Å²) in [4.78, 5) is 0. The van der Waals surface area contributed by atoms with Crippen LogP contribution in [0.1, 0.15) is 50.7 Å². The second kappa shape index (κ2) is 6.95. The van der Waals surface area contributed by atoms with Crippen LogP contribution in [0, 0.1) is 5.92 Å². The van der Waals surface area contributed by atoms with Gasteiger partial charge in [-0.05, 0) is 43.9 Å². The predicted molar refractivity (Wildman–Crippen MR) is 72.7 cm³/mol. The maximum absolute atomic E-state index is 5.94. The summed E-state index contributed by atoms with van der Waals surface area (Å²) in [6.07, 6.45) is 4.38. The van der Waals surface area contributed by atoms with Gasteiger partial charge in [0.15, 0.2) is 0 Å². The number of hydrogen-bond donors (Lipinski definition) is 1. The molecule has 0 radical (unpaired) electrons. The van der Waals surface area contributed by atoms with Gasteiger partial charge in [0, 0.05) is 19.6 Å². The van der Waals surface area contributed by atoms with Crippen molar-refractivity contribution in [1.29, 1.82) is 0 Å². The van der Waals surface area contributed by atoms with Crippen LogP contribution in [0.15, 0.2) is 16.5 Å². The fraction of sp³-hybridized carbons (Fsp3) is 0.733. The Morgan fingerprint density at radius 1 is 1.28 bits per heavy atom. The molecule has 1 aromatic heterocycles. The molecule has 18 heavy (non-hydrogen) atoms. The highest BCUT2D eigenvalue weighted by molar-refractivity contribution is 5.12. The van der Waals surface area contributed by atoms with E-state index in [0.29, 0.717) is 12.0 Å². The topological polar surface area (TPSA) is 34.4 Å². The molecular weight excluding hydrogens is 226 g/mol. The standard InChI is InChI=1S/C15H25NO2/c1-3-9-16-15(12-7-10-17-11-8-12)14-6-5-13(4-2)18-14/h5-6,12,15-16H,3-4,7-11H2,1-2H3. The van der Waals surface area contributed by atoms with Gasteiger partial charge in [-0.25, -0.2) is 0 Å². The molecule has 1 saturated heterocycles. The number of hydrogen-bond acceptors (Lipinski definition) is 3. The molecule has 1 fully saturated rings. The lowest BCUT2D eigenvalue weighted by molar-refractivity contribution is 0.0505. The Labute approximate surface area is 110 Å². The lowest BCUT2D eigenvalue weighted by Gasteiger charge is -2.29. The largest absolute Gasteiger partial charge is 0.464 e. The van der Waals surface area contributed by atoms with Gasteiger partial charge in [-0.3, -0.25) is 0 Å². The molecular formula is C15H25NO2. The Bertz CT molecular complexity index is 342. The first kappa shape index (κ1) is 13.6. The van der Waals surface area contributed by atoms with Crippen molar-refractivity contribution >= 4 is 0 Å². The van der Waals surface area contributed by atoms with Crippen molar-refractivity contribution in [2.45, 2.75) is 45.6 Å². The Hall–Kier alpha value is -0.800. The van der Waals surface area contributed by atoms with Gasteiger partial charge in [-0.1, -0.05) is 13.8 Å². The van der Waals surface area contributed by atoms with Gasteiger partial charge in [-0.2, -0.15) is 0 Å². The van der Waals surface area contributed by atoms with Crippen molar-refractivity contribution in [3.05, 3.63) is 23.7 Å². The third-order valence-electron chi connectivity index (χ3n) is 3.69. The van der Waals surface area contributed by atoms with Crippen LogP contribution < -0.4 is 5.32 Å². The number of furan rings is 1. The first-order valence-corrected chi connectivity index (χ1v) is 7.24. The van der Waals surface area contributed by atoms with E-state index >= 15 is 0 Å². The van der Waals surface area contributed by atoms with Crippen LogP contribution in [0.3, 0.4) is 0 Å². The Balaban J connectivity index is 2.07. The molecule has 3 nitrogen and oxygen atoms in total. The fourth-order valence-corrected chi connectivity index (χ4v) is 2.60. The van der Waals surface area contributed by atoms with E-state index in [9.17, 15) is 0 Å². The Morgan fingerprint density at radius 2 is 2.06 bits per heavy atom. The van der Waals surface area contributed by atoms with Gasteiger partial charge in [0.1, 0.15) is 11.5 Å². The van der Waals surface area contributed by atoms with Crippen molar-refractivity contribution in [2.75, 3.05) is 19.8 Å². The molecule has 0 aliphatic carbocycles. The van der Waals surface area contributed by atoms with E-state index < -0.39 is 0 Å². The maximum atomic E-state index is 5.94. The third-order valence-corrected chi connectivity index (χ3v) is 3.69. The van der Waals surface area contributed by atoms with Crippen molar-refractivity contribution in [3.63, 3.8) is 0 Å². The van der Waals surface area contributed by atoms with Crippen molar-refractivity contribution in [1.82, 2.24) is 5.32 Å². The molecule has 1 aliphatic heterocycles. The Kier molecular flexibility index (Phi) is 5.26. The average Bonchev–Trinajstić information content (AvgIpc) is 2.89. The van der Waals surface area contributed by atoms with Crippen LogP contribution in [0.2, 0.25) is 0 Å². The van der Waals surface area contributed by atoms with Gasteiger partial charge >= 0.3 is 0 Å². The van der Waals surface area contributed by atoms with Gasteiger partial charge in [-0.15, -0.1) is 0 Å². The smallest absolute Gasteiger partial charge is 0.121 e. The van der Waals surface area contributed by atoms with Crippen molar-refractivity contribution < 1.29 is 9.15 Å². The summed E-state index contributed by atoms with van der Waals surface area (Å²) in [5.41, 5.74) is 0. The van der Waals surface area contributed by atoms with E-state index in [4.69, 9.17) is 9.15 Å². The van der Waals surface area contributed by atoms with Crippen molar-refractivity contribution in [3.8, 4) is 0 Å².